The van der Waals surface area contributed by atoms with E-state index in [-0.39, 0.29) is 18.2 Å². The van der Waals surface area contributed by atoms with E-state index in [1.54, 1.807) is 0 Å². The van der Waals surface area contributed by atoms with E-state index in [2.05, 4.69) is 12.2 Å². The van der Waals surface area contributed by atoms with Gasteiger partial charge in [0.05, 0.1) is 0 Å². The van der Waals surface area contributed by atoms with E-state index in [0.29, 0.717) is 18.6 Å². The molecule has 0 aromatic carbocycles. The van der Waals surface area contributed by atoms with E-state index in [1.807, 2.05) is 51.3 Å². The number of carbonyl (C=O) groups is 2. The summed E-state index contributed by atoms with van der Waals surface area (Å²) in [5.41, 5.74) is -0.938. The number of amides is 2. The Morgan fingerprint density at radius 3 is 2.16 bits per heavy atom. The molecule has 2 rings (SSSR count). The van der Waals surface area contributed by atoms with Gasteiger partial charge in [0.2, 0.25) is 0 Å². The summed E-state index contributed by atoms with van der Waals surface area (Å²) in [7, 11) is 0. The predicted octanol–water partition coefficient (Wildman–Crippen LogP) is 5.32. The molecule has 2 heterocycles. The number of nitrogens with zero attached hydrogens (tertiary/aromatic N) is 2. The number of nitrogens with one attached hydrogen (secondary N) is 1. The molecule has 2 saturated heterocycles. The summed E-state index contributed by atoms with van der Waals surface area (Å²) in [5, 5.41) is 3.78. The second kappa shape index (κ2) is 11.6. The van der Waals surface area contributed by atoms with Crippen molar-refractivity contribution in [2.45, 2.75) is 129 Å². The number of ether oxygens (including phenoxy) is 2. The molecule has 0 aromatic rings. The van der Waals surface area contributed by atoms with Gasteiger partial charge in [0, 0.05) is 37.8 Å². The minimum Gasteiger partial charge on any atom is -0.444 e. The van der Waals surface area contributed by atoms with Gasteiger partial charge in [-0.1, -0.05) is 12.8 Å². The van der Waals surface area contributed by atoms with Crippen molar-refractivity contribution >= 4 is 12.2 Å². The molecule has 0 saturated carbocycles. The molecular weight excluding hydrogens is 406 g/mol. The largest absolute Gasteiger partial charge is 0.444 e. The zero-order valence-corrected chi connectivity index (χ0v) is 21.5. The van der Waals surface area contributed by atoms with Crippen LogP contribution >= 0.6 is 0 Å². The van der Waals surface area contributed by atoms with Gasteiger partial charge in [-0.05, 0) is 87.0 Å². The Bertz CT molecular complexity index is 611. The van der Waals surface area contributed by atoms with Crippen LogP contribution < -0.4 is 5.32 Å². The third-order valence-electron chi connectivity index (χ3n) is 6.03. The van der Waals surface area contributed by atoms with E-state index >= 15 is 0 Å². The average molecular weight is 454 g/mol. The molecule has 0 radical (unpaired) electrons. The van der Waals surface area contributed by atoms with E-state index in [0.717, 1.165) is 58.0 Å². The van der Waals surface area contributed by atoms with Crippen molar-refractivity contribution in [3.63, 3.8) is 0 Å². The molecule has 32 heavy (non-hydrogen) atoms. The second-order valence-corrected chi connectivity index (χ2v) is 11.6. The topological polar surface area (TPSA) is 71.1 Å². The molecule has 2 aliphatic heterocycles. The zero-order valence-electron chi connectivity index (χ0n) is 21.5. The normalized spacial score (nSPS) is 24.3. The highest BCUT2D eigenvalue weighted by atomic mass is 16.6. The van der Waals surface area contributed by atoms with Crippen molar-refractivity contribution in [2.75, 3.05) is 19.6 Å². The van der Waals surface area contributed by atoms with Crippen molar-refractivity contribution in [3.05, 3.63) is 0 Å². The van der Waals surface area contributed by atoms with Crippen LogP contribution in [0.4, 0.5) is 9.59 Å². The monoisotopic (exact) mass is 453 g/mol. The summed E-state index contributed by atoms with van der Waals surface area (Å²) in [6, 6.07) is 0.873. The smallest absolute Gasteiger partial charge is 0.410 e. The van der Waals surface area contributed by atoms with Crippen molar-refractivity contribution in [1.82, 2.24) is 15.1 Å². The molecule has 2 aliphatic rings. The van der Waals surface area contributed by atoms with E-state index in [1.165, 1.54) is 6.42 Å². The fourth-order valence-electron chi connectivity index (χ4n) is 4.63. The highest BCUT2D eigenvalue weighted by Crippen LogP contribution is 2.24. The van der Waals surface area contributed by atoms with Gasteiger partial charge in [0.15, 0.2) is 0 Å². The first-order valence-electron chi connectivity index (χ1n) is 12.6. The van der Waals surface area contributed by atoms with E-state index < -0.39 is 11.2 Å². The van der Waals surface area contributed by atoms with E-state index in [9.17, 15) is 9.59 Å². The lowest BCUT2D eigenvalue weighted by Gasteiger charge is -2.34. The molecule has 3 unspecified atom stereocenters. The fraction of sp³-hybridized carbons (Fsp3) is 0.920. The number of rotatable bonds is 4. The first-order valence-corrected chi connectivity index (χ1v) is 12.6. The van der Waals surface area contributed by atoms with Crippen LogP contribution in [-0.2, 0) is 9.47 Å². The Balaban J connectivity index is 1.88. The third-order valence-corrected chi connectivity index (χ3v) is 6.03. The van der Waals surface area contributed by atoms with Gasteiger partial charge < -0.3 is 24.6 Å². The number of hydrogen-bond donors (Lipinski definition) is 1. The van der Waals surface area contributed by atoms with Gasteiger partial charge in [-0.3, -0.25) is 0 Å². The van der Waals surface area contributed by atoms with Gasteiger partial charge in [0.25, 0.3) is 0 Å². The van der Waals surface area contributed by atoms with Crippen molar-refractivity contribution < 1.29 is 19.1 Å². The molecule has 2 amide bonds. The molecule has 2 fully saturated rings. The van der Waals surface area contributed by atoms with Crippen molar-refractivity contribution in [3.8, 4) is 0 Å². The molecule has 0 aromatic heterocycles. The number of hydrogen-bond acceptors (Lipinski definition) is 5. The summed E-state index contributed by atoms with van der Waals surface area (Å²) in [4.78, 5) is 29.1. The first-order chi connectivity index (χ1) is 14.8. The van der Waals surface area contributed by atoms with Crippen molar-refractivity contribution in [1.29, 1.82) is 0 Å². The lowest BCUT2D eigenvalue weighted by atomic mass is 10.0. The summed E-state index contributed by atoms with van der Waals surface area (Å²) >= 11 is 0. The molecule has 7 nitrogen and oxygen atoms in total. The summed E-state index contributed by atoms with van der Waals surface area (Å²) < 4.78 is 11.2. The van der Waals surface area contributed by atoms with Crippen LogP contribution in [0.2, 0.25) is 0 Å². The maximum absolute atomic E-state index is 12.8. The third kappa shape index (κ3) is 9.55. The molecule has 0 spiro atoms. The molecule has 0 aliphatic carbocycles. The standard InChI is InChI=1S/C25H47N3O4/c1-19(18-21-13-9-8-10-16-28(21)23(30)32-25(5,6)7)26-20-12-11-15-27(17-14-20)22(29)31-24(2,3)4/h19-21,26H,8-18H2,1-7H3. The van der Waals surface area contributed by atoms with Crippen LogP contribution in [0.1, 0.15) is 99.8 Å². The Labute approximate surface area is 195 Å². The number of carbonyl (C=O) groups excluding carboxylic acids is 2. The Kier molecular flexibility index (Phi) is 9.68. The van der Waals surface area contributed by atoms with Gasteiger partial charge in [0.1, 0.15) is 11.2 Å². The Morgan fingerprint density at radius 2 is 1.50 bits per heavy atom. The summed E-state index contributed by atoms with van der Waals surface area (Å²) in [6.07, 6.45) is 7.86. The quantitative estimate of drug-likeness (QED) is 0.623. The second-order valence-electron chi connectivity index (χ2n) is 11.6. The lowest BCUT2D eigenvalue weighted by molar-refractivity contribution is 0.0149. The molecule has 3 atom stereocenters. The summed E-state index contributed by atoms with van der Waals surface area (Å²) in [5.74, 6) is 0. The zero-order chi connectivity index (χ0) is 23.9. The van der Waals surface area contributed by atoms with Crippen LogP contribution in [0.5, 0.6) is 0 Å². The van der Waals surface area contributed by atoms with Gasteiger partial charge >= 0.3 is 12.2 Å². The molecule has 7 heteroatoms. The first kappa shape index (κ1) is 26.7. The lowest BCUT2D eigenvalue weighted by Crippen LogP contribution is -2.47. The minimum absolute atomic E-state index is 0.181. The van der Waals surface area contributed by atoms with Crippen LogP contribution in [0.25, 0.3) is 0 Å². The molecule has 1 N–H and O–H groups in total. The van der Waals surface area contributed by atoms with E-state index in [4.69, 9.17) is 9.47 Å². The maximum atomic E-state index is 12.8. The SMILES string of the molecule is CC(CC1CCCCCN1C(=O)OC(C)(C)C)NC1CCCN(C(=O)OC(C)(C)C)CC1. The maximum Gasteiger partial charge on any atom is 0.410 e. The van der Waals surface area contributed by atoms with Crippen LogP contribution in [-0.4, -0.2) is 70.9 Å². The van der Waals surface area contributed by atoms with Gasteiger partial charge in [-0.2, -0.15) is 0 Å². The fourth-order valence-corrected chi connectivity index (χ4v) is 4.63. The van der Waals surface area contributed by atoms with Crippen molar-refractivity contribution in [2.24, 2.45) is 0 Å². The molecule has 0 bridgehead atoms. The highest BCUT2D eigenvalue weighted by molar-refractivity contribution is 5.68. The van der Waals surface area contributed by atoms with Crippen LogP contribution in [0, 0.1) is 0 Å². The van der Waals surface area contributed by atoms with Gasteiger partial charge in [-0.15, -0.1) is 0 Å². The van der Waals surface area contributed by atoms with Crippen LogP contribution in [0.3, 0.4) is 0 Å². The van der Waals surface area contributed by atoms with Crippen LogP contribution in [0.15, 0.2) is 0 Å². The predicted molar refractivity (Wildman–Crippen MR) is 128 cm³/mol. The Morgan fingerprint density at radius 1 is 0.844 bits per heavy atom. The highest BCUT2D eigenvalue weighted by Gasteiger charge is 2.31. The average Bonchev–Trinajstić information content (AvgIpc) is 2.99. The summed E-state index contributed by atoms with van der Waals surface area (Å²) in [6.45, 7) is 15.9. The Hall–Kier alpha value is -1.50. The van der Waals surface area contributed by atoms with Gasteiger partial charge in [-0.25, -0.2) is 9.59 Å². The number of likely N-dealkylation sites (tertiary alicyclic amines) is 2. The minimum atomic E-state index is -0.474. The molecular formula is C25H47N3O4. The molecule has 186 valence electrons.